The average molecular weight is 347 g/mol. The zero-order valence-corrected chi connectivity index (χ0v) is 13.2. The van der Waals surface area contributed by atoms with E-state index in [1.807, 2.05) is 41.1 Å². The lowest BCUT2D eigenvalue weighted by Gasteiger charge is -2.09. The molecule has 108 valence electrons. The summed E-state index contributed by atoms with van der Waals surface area (Å²) >= 11 is 3.57. The minimum absolute atomic E-state index is 0.00841. The Bertz CT molecular complexity index is 783. The van der Waals surface area contributed by atoms with Crippen LogP contribution in [0.3, 0.4) is 0 Å². The van der Waals surface area contributed by atoms with Gasteiger partial charge in [0.2, 0.25) is 0 Å². The molecule has 0 aliphatic carbocycles. The number of hydrogen-bond acceptors (Lipinski definition) is 3. The van der Waals surface area contributed by atoms with E-state index < -0.39 is 0 Å². The molecule has 0 aliphatic rings. The fourth-order valence-corrected chi connectivity index (χ4v) is 2.80. The van der Waals surface area contributed by atoms with Crippen molar-refractivity contribution < 1.29 is 9.84 Å². The third-order valence-corrected chi connectivity index (χ3v) is 4.25. The van der Waals surface area contributed by atoms with E-state index in [-0.39, 0.29) is 6.61 Å². The standard InChI is InChI=1S/C16H15BrN2O2/c1-21-13-4-5-15(17)11(7-13)8-19-9-12(10-20)14-3-2-6-18-16(14)19/h2-7,9,20H,8,10H2,1H3. The highest BCUT2D eigenvalue weighted by atomic mass is 79.9. The molecule has 0 fully saturated rings. The van der Waals surface area contributed by atoms with Crippen LogP contribution >= 0.6 is 15.9 Å². The Kier molecular flexibility index (Phi) is 3.94. The van der Waals surface area contributed by atoms with Gasteiger partial charge in [0.25, 0.3) is 0 Å². The van der Waals surface area contributed by atoms with Gasteiger partial charge in [-0.3, -0.25) is 0 Å². The van der Waals surface area contributed by atoms with E-state index in [4.69, 9.17) is 4.74 Å². The Morgan fingerprint density at radius 2 is 2.14 bits per heavy atom. The maximum atomic E-state index is 9.48. The van der Waals surface area contributed by atoms with Crippen LogP contribution < -0.4 is 4.74 Å². The molecule has 3 rings (SSSR count). The molecule has 0 atom stereocenters. The van der Waals surface area contributed by atoms with E-state index in [9.17, 15) is 5.11 Å². The van der Waals surface area contributed by atoms with Gasteiger partial charge in [0.15, 0.2) is 0 Å². The number of aromatic nitrogens is 2. The largest absolute Gasteiger partial charge is 0.497 e. The summed E-state index contributed by atoms with van der Waals surface area (Å²) in [6, 6.07) is 9.74. The molecule has 0 aliphatic heterocycles. The molecule has 0 spiro atoms. The van der Waals surface area contributed by atoms with Crippen molar-refractivity contribution in [3.05, 3.63) is 58.3 Å². The lowest BCUT2D eigenvalue weighted by Crippen LogP contribution is -2.00. The van der Waals surface area contributed by atoms with Gasteiger partial charge >= 0.3 is 0 Å². The summed E-state index contributed by atoms with van der Waals surface area (Å²) in [7, 11) is 1.66. The second-order valence-electron chi connectivity index (χ2n) is 4.77. The summed E-state index contributed by atoms with van der Waals surface area (Å²) < 4.78 is 8.34. The second kappa shape index (κ2) is 5.87. The van der Waals surface area contributed by atoms with Gasteiger partial charge in [0.05, 0.1) is 20.3 Å². The second-order valence-corrected chi connectivity index (χ2v) is 5.63. The number of benzene rings is 1. The molecule has 1 aromatic carbocycles. The first-order valence-corrected chi connectivity index (χ1v) is 7.38. The van der Waals surface area contributed by atoms with Gasteiger partial charge in [-0.1, -0.05) is 15.9 Å². The minimum Gasteiger partial charge on any atom is -0.497 e. The first kappa shape index (κ1) is 14.1. The van der Waals surface area contributed by atoms with E-state index in [0.29, 0.717) is 6.54 Å². The fourth-order valence-electron chi connectivity index (χ4n) is 2.42. The maximum absolute atomic E-state index is 9.48. The SMILES string of the molecule is COc1ccc(Br)c(Cn2cc(CO)c3cccnc32)c1. The topological polar surface area (TPSA) is 47.3 Å². The predicted molar refractivity (Wildman–Crippen MR) is 85.5 cm³/mol. The molecular formula is C16H15BrN2O2. The Morgan fingerprint density at radius 1 is 1.29 bits per heavy atom. The predicted octanol–water partition coefficient (Wildman–Crippen LogP) is 3.35. The smallest absolute Gasteiger partial charge is 0.140 e. The molecule has 0 bridgehead atoms. The zero-order chi connectivity index (χ0) is 14.8. The monoisotopic (exact) mass is 346 g/mol. The van der Waals surface area contributed by atoms with Gasteiger partial charge < -0.3 is 14.4 Å². The summed E-state index contributed by atoms with van der Waals surface area (Å²) in [5.74, 6) is 0.819. The lowest BCUT2D eigenvalue weighted by molar-refractivity contribution is 0.283. The molecule has 4 nitrogen and oxygen atoms in total. The molecule has 0 saturated carbocycles. The first-order valence-electron chi connectivity index (χ1n) is 6.59. The van der Waals surface area contributed by atoms with Crippen LogP contribution in [0.1, 0.15) is 11.1 Å². The van der Waals surface area contributed by atoms with Gasteiger partial charge in [-0.05, 0) is 35.9 Å². The summed E-state index contributed by atoms with van der Waals surface area (Å²) in [6.07, 6.45) is 3.71. The van der Waals surface area contributed by atoms with Crippen molar-refractivity contribution in [2.75, 3.05) is 7.11 Å². The van der Waals surface area contributed by atoms with Gasteiger partial charge in [-0.2, -0.15) is 0 Å². The Balaban J connectivity index is 2.06. The van der Waals surface area contributed by atoms with E-state index in [0.717, 1.165) is 32.4 Å². The summed E-state index contributed by atoms with van der Waals surface area (Å²) in [6.45, 7) is 0.666. The molecule has 3 aromatic rings. The third-order valence-electron chi connectivity index (χ3n) is 3.48. The molecule has 21 heavy (non-hydrogen) atoms. The molecule has 0 unspecified atom stereocenters. The van der Waals surface area contributed by atoms with Crippen LogP contribution in [0.15, 0.2) is 47.2 Å². The number of methoxy groups -OCH3 is 1. The van der Waals surface area contributed by atoms with E-state index in [2.05, 4.69) is 20.9 Å². The summed E-state index contributed by atoms with van der Waals surface area (Å²) in [4.78, 5) is 4.42. The number of aliphatic hydroxyl groups is 1. The maximum Gasteiger partial charge on any atom is 0.140 e. The van der Waals surface area contributed by atoms with Gasteiger partial charge in [0, 0.05) is 27.8 Å². The lowest BCUT2D eigenvalue weighted by atomic mass is 10.2. The number of fused-ring (bicyclic) bond motifs is 1. The fraction of sp³-hybridized carbons (Fsp3) is 0.188. The number of ether oxygens (including phenoxy) is 1. The highest BCUT2D eigenvalue weighted by molar-refractivity contribution is 9.10. The Morgan fingerprint density at radius 3 is 2.90 bits per heavy atom. The van der Waals surface area contributed by atoms with Crippen molar-refractivity contribution in [3.63, 3.8) is 0 Å². The highest BCUT2D eigenvalue weighted by Crippen LogP contribution is 2.26. The normalized spacial score (nSPS) is 11.0. The van der Waals surface area contributed by atoms with Crippen molar-refractivity contribution in [2.45, 2.75) is 13.2 Å². The van der Waals surface area contributed by atoms with Crippen LogP contribution in [0.5, 0.6) is 5.75 Å². The first-order chi connectivity index (χ1) is 10.2. The van der Waals surface area contributed by atoms with Crippen LogP contribution in [0.25, 0.3) is 11.0 Å². The number of hydrogen-bond donors (Lipinski definition) is 1. The van der Waals surface area contributed by atoms with E-state index in [1.54, 1.807) is 13.3 Å². The summed E-state index contributed by atoms with van der Waals surface area (Å²) in [5, 5.41) is 10.5. The molecule has 0 radical (unpaired) electrons. The van der Waals surface area contributed by atoms with Gasteiger partial charge in [-0.25, -0.2) is 4.98 Å². The van der Waals surface area contributed by atoms with E-state index >= 15 is 0 Å². The number of rotatable bonds is 4. The van der Waals surface area contributed by atoms with Crippen molar-refractivity contribution in [1.29, 1.82) is 0 Å². The summed E-state index contributed by atoms with van der Waals surface area (Å²) in [5.41, 5.74) is 2.86. The zero-order valence-electron chi connectivity index (χ0n) is 11.6. The van der Waals surface area contributed by atoms with Crippen LogP contribution in [0.2, 0.25) is 0 Å². The highest BCUT2D eigenvalue weighted by Gasteiger charge is 2.10. The molecule has 2 aromatic heterocycles. The van der Waals surface area contributed by atoms with Gasteiger partial charge in [0.1, 0.15) is 11.4 Å². The molecular weight excluding hydrogens is 332 g/mol. The number of aliphatic hydroxyl groups excluding tert-OH is 1. The van der Waals surface area contributed by atoms with E-state index in [1.165, 1.54) is 0 Å². The van der Waals surface area contributed by atoms with Crippen LogP contribution in [-0.4, -0.2) is 21.8 Å². The Hall–Kier alpha value is -1.85. The van der Waals surface area contributed by atoms with Crippen LogP contribution in [0.4, 0.5) is 0 Å². The number of pyridine rings is 1. The molecule has 0 saturated heterocycles. The van der Waals surface area contributed by atoms with Crippen LogP contribution in [0, 0.1) is 0 Å². The molecule has 2 heterocycles. The molecule has 1 N–H and O–H groups in total. The Labute approximate surface area is 131 Å². The van der Waals surface area contributed by atoms with Crippen molar-refractivity contribution in [3.8, 4) is 5.75 Å². The average Bonchev–Trinajstić information content (AvgIpc) is 2.88. The van der Waals surface area contributed by atoms with Crippen molar-refractivity contribution in [1.82, 2.24) is 9.55 Å². The molecule has 0 amide bonds. The number of halogens is 1. The van der Waals surface area contributed by atoms with Gasteiger partial charge in [-0.15, -0.1) is 0 Å². The van der Waals surface area contributed by atoms with Crippen LogP contribution in [-0.2, 0) is 13.2 Å². The van der Waals surface area contributed by atoms with Crippen molar-refractivity contribution in [2.24, 2.45) is 0 Å². The minimum atomic E-state index is 0.00841. The third kappa shape index (κ3) is 2.66. The quantitative estimate of drug-likeness (QED) is 0.787. The van der Waals surface area contributed by atoms with Crippen molar-refractivity contribution >= 4 is 27.0 Å². The number of nitrogens with zero attached hydrogens (tertiary/aromatic N) is 2. The molecule has 5 heteroatoms.